The van der Waals surface area contributed by atoms with E-state index in [-0.39, 0.29) is 22.7 Å². The minimum atomic E-state index is -0.554. The van der Waals surface area contributed by atoms with E-state index >= 15 is 0 Å². The second kappa shape index (κ2) is 11.9. The van der Waals surface area contributed by atoms with Crippen molar-refractivity contribution in [3.63, 3.8) is 0 Å². The Hall–Kier alpha value is -3.99. The van der Waals surface area contributed by atoms with Gasteiger partial charge in [0.25, 0.3) is 5.56 Å². The van der Waals surface area contributed by atoms with E-state index in [2.05, 4.69) is 30.6 Å². The lowest BCUT2D eigenvalue weighted by molar-refractivity contribution is -0.116. The third-order valence-electron chi connectivity index (χ3n) is 4.94. The summed E-state index contributed by atoms with van der Waals surface area (Å²) in [4.78, 5) is 51.6. The summed E-state index contributed by atoms with van der Waals surface area (Å²) in [6, 6.07) is 13.1. The Kier molecular flexibility index (Phi) is 8.74. The predicted octanol–water partition coefficient (Wildman–Crippen LogP) is 3.48. The Morgan fingerprint density at radius 3 is 2.37 bits per heavy atom. The number of H-pyrrole nitrogens is 1. The van der Waals surface area contributed by atoms with Crippen LogP contribution in [0.15, 0.2) is 58.5 Å². The molecule has 0 unspecified atom stereocenters. The molecule has 0 aliphatic rings. The molecule has 11 heteroatoms. The molecule has 0 saturated heterocycles. The smallest absolute Gasteiger partial charge is 0.337 e. The molecule has 10 nitrogen and oxygen atoms in total. The molecule has 0 aliphatic heterocycles. The highest BCUT2D eigenvalue weighted by molar-refractivity contribution is 8.00. The van der Waals surface area contributed by atoms with Crippen LogP contribution in [0.3, 0.4) is 0 Å². The molecule has 0 spiro atoms. The summed E-state index contributed by atoms with van der Waals surface area (Å²) in [6.07, 6.45) is 0.760. The molecule has 3 aromatic rings. The van der Waals surface area contributed by atoms with Gasteiger partial charge in [-0.3, -0.25) is 19.4 Å². The van der Waals surface area contributed by atoms with Gasteiger partial charge in [0.15, 0.2) is 10.9 Å². The van der Waals surface area contributed by atoms with E-state index in [1.807, 2.05) is 6.92 Å². The Bertz CT molecular complexity index is 1280. The van der Waals surface area contributed by atoms with Crippen molar-refractivity contribution in [3.8, 4) is 11.3 Å². The molecule has 1 aromatic heterocycles. The number of nitrogens with zero attached hydrogens (tertiary/aromatic N) is 2. The number of para-hydroxylation sites is 1. The Morgan fingerprint density at radius 1 is 1.03 bits per heavy atom. The van der Waals surface area contributed by atoms with E-state index in [0.717, 1.165) is 11.8 Å². The fourth-order valence-corrected chi connectivity index (χ4v) is 3.92. The van der Waals surface area contributed by atoms with Crippen LogP contribution in [0.4, 0.5) is 11.4 Å². The number of methoxy groups -OCH3 is 1. The lowest BCUT2D eigenvalue weighted by Crippen LogP contribution is -2.25. The van der Waals surface area contributed by atoms with E-state index < -0.39 is 16.8 Å². The molecule has 0 bridgehead atoms. The maximum atomic E-state index is 12.8. The highest BCUT2D eigenvalue weighted by Gasteiger charge is 2.21. The molecule has 3 rings (SSSR count). The molecule has 0 fully saturated rings. The normalized spacial score (nSPS) is 11.4. The van der Waals surface area contributed by atoms with Crippen molar-refractivity contribution in [2.24, 2.45) is 0 Å². The third kappa shape index (κ3) is 6.54. The van der Waals surface area contributed by atoms with Crippen LogP contribution in [0.5, 0.6) is 0 Å². The lowest BCUT2D eigenvalue weighted by atomic mass is 10.1. The molecule has 0 aliphatic carbocycles. The predicted molar refractivity (Wildman–Crippen MR) is 133 cm³/mol. The van der Waals surface area contributed by atoms with Gasteiger partial charge < -0.3 is 15.4 Å². The van der Waals surface area contributed by atoms with Crippen LogP contribution in [0, 0.1) is 0 Å². The van der Waals surface area contributed by atoms with E-state index in [4.69, 9.17) is 0 Å². The molecule has 35 heavy (non-hydrogen) atoms. The number of nitrogens with one attached hydrogen (secondary N) is 3. The van der Waals surface area contributed by atoms with E-state index in [1.54, 1.807) is 55.5 Å². The third-order valence-corrected chi connectivity index (χ3v) is 6.18. The Balaban J connectivity index is 1.74. The van der Waals surface area contributed by atoms with Crippen LogP contribution in [0.1, 0.15) is 37.0 Å². The van der Waals surface area contributed by atoms with Gasteiger partial charge in [-0.15, -0.1) is 10.2 Å². The summed E-state index contributed by atoms with van der Waals surface area (Å²) in [6.45, 7) is 3.57. The molecule has 3 N–H and O–H groups in total. The summed E-state index contributed by atoms with van der Waals surface area (Å²) < 4.78 is 4.66. The quantitative estimate of drug-likeness (QED) is 0.302. The summed E-state index contributed by atoms with van der Waals surface area (Å²) >= 11 is 1.08. The van der Waals surface area contributed by atoms with Gasteiger partial charge in [0.05, 0.1) is 23.6 Å². The summed E-state index contributed by atoms with van der Waals surface area (Å²) in [7, 11) is 1.30. The topological polar surface area (TPSA) is 143 Å². The average molecular weight is 496 g/mol. The Morgan fingerprint density at radius 2 is 1.74 bits per heavy atom. The van der Waals surface area contributed by atoms with Crippen LogP contribution in [-0.4, -0.2) is 45.3 Å². The SMILES string of the molecule is CCC(=O)Nc1ccccc1-c1nnc(S[C@@H](CC)C(=O)Nc2ccc(C(=O)OC)cc2)[nH]c1=O. The largest absolute Gasteiger partial charge is 0.465 e. The standard InChI is InChI=1S/C24H25N5O5S/c1-4-18(21(31)25-15-12-10-14(11-13-15)23(33)34-3)35-24-27-22(32)20(28-29-24)16-8-6-7-9-17(16)26-19(30)5-2/h6-13,18H,4-5H2,1-3H3,(H,25,31)(H,26,30)(H,27,29,32)/t18-/m0/s1. The zero-order chi connectivity index (χ0) is 25.4. The molecular weight excluding hydrogens is 470 g/mol. The lowest BCUT2D eigenvalue weighted by Gasteiger charge is -2.14. The number of aromatic amines is 1. The highest BCUT2D eigenvalue weighted by atomic mass is 32.2. The zero-order valence-electron chi connectivity index (χ0n) is 19.5. The second-order valence-electron chi connectivity index (χ2n) is 7.33. The number of esters is 1. The minimum Gasteiger partial charge on any atom is -0.465 e. The Labute approximate surface area is 205 Å². The fraction of sp³-hybridized carbons (Fsp3) is 0.250. The number of hydrogen-bond donors (Lipinski definition) is 3. The number of amides is 2. The molecular formula is C24H25N5O5S. The van der Waals surface area contributed by atoms with Crippen molar-refractivity contribution < 1.29 is 19.1 Å². The molecule has 1 heterocycles. The van der Waals surface area contributed by atoms with Crippen LogP contribution in [0.2, 0.25) is 0 Å². The van der Waals surface area contributed by atoms with Crippen molar-refractivity contribution in [3.05, 3.63) is 64.4 Å². The maximum absolute atomic E-state index is 12.8. The molecule has 0 radical (unpaired) electrons. The van der Waals surface area contributed by atoms with E-state index in [9.17, 15) is 19.2 Å². The van der Waals surface area contributed by atoms with Gasteiger partial charge in [0, 0.05) is 17.7 Å². The van der Waals surface area contributed by atoms with E-state index in [1.165, 1.54) is 7.11 Å². The van der Waals surface area contributed by atoms with Gasteiger partial charge >= 0.3 is 5.97 Å². The summed E-state index contributed by atoms with van der Waals surface area (Å²) in [5, 5.41) is 13.3. The first kappa shape index (κ1) is 25.6. The molecule has 0 saturated carbocycles. The van der Waals surface area contributed by atoms with Crippen molar-refractivity contribution in [1.82, 2.24) is 15.2 Å². The van der Waals surface area contributed by atoms with Crippen LogP contribution in [-0.2, 0) is 14.3 Å². The van der Waals surface area contributed by atoms with Gasteiger partial charge in [0.1, 0.15) is 0 Å². The molecule has 1 atom stereocenters. The minimum absolute atomic E-state index is 0.0598. The van der Waals surface area contributed by atoms with Gasteiger partial charge in [-0.2, -0.15) is 0 Å². The van der Waals surface area contributed by atoms with Gasteiger partial charge in [-0.25, -0.2) is 4.79 Å². The van der Waals surface area contributed by atoms with Crippen LogP contribution >= 0.6 is 11.8 Å². The number of aromatic nitrogens is 3. The number of thioether (sulfide) groups is 1. The first-order valence-electron chi connectivity index (χ1n) is 10.9. The van der Waals surface area contributed by atoms with Crippen molar-refractivity contribution in [2.75, 3.05) is 17.7 Å². The first-order chi connectivity index (χ1) is 16.9. The van der Waals surface area contributed by atoms with Gasteiger partial charge in [-0.05, 0) is 36.8 Å². The molecule has 2 amide bonds. The average Bonchev–Trinajstić information content (AvgIpc) is 2.87. The van der Waals surface area contributed by atoms with Crippen molar-refractivity contribution >= 4 is 40.9 Å². The number of hydrogen-bond acceptors (Lipinski definition) is 8. The van der Waals surface area contributed by atoms with E-state index in [0.29, 0.717) is 35.3 Å². The van der Waals surface area contributed by atoms with Gasteiger partial charge in [0.2, 0.25) is 11.8 Å². The fourth-order valence-electron chi connectivity index (χ4n) is 3.08. The highest BCUT2D eigenvalue weighted by Crippen LogP contribution is 2.26. The maximum Gasteiger partial charge on any atom is 0.337 e. The number of anilines is 2. The van der Waals surface area contributed by atoms with Crippen LogP contribution in [0.25, 0.3) is 11.3 Å². The number of rotatable bonds is 9. The second-order valence-corrected chi connectivity index (χ2v) is 8.52. The molecule has 182 valence electrons. The first-order valence-corrected chi connectivity index (χ1v) is 11.8. The monoisotopic (exact) mass is 495 g/mol. The van der Waals surface area contributed by atoms with Gasteiger partial charge in [-0.1, -0.05) is 43.8 Å². The number of benzene rings is 2. The molecule has 2 aromatic carbocycles. The van der Waals surface area contributed by atoms with Crippen LogP contribution < -0.4 is 16.2 Å². The number of carbonyl (C=O) groups excluding carboxylic acids is 3. The number of carbonyl (C=O) groups is 3. The number of ether oxygens (including phenoxy) is 1. The van der Waals surface area contributed by atoms with Crippen molar-refractivity contribution in [2.45, 2.75) is 37.1 Å². The zero-order valence-corrected chi connectivity index (χ0v) is 20.3. The summed E-state index contributed by atoms with van der Waals surface area (Å²) in [5.41, 5.74) is 1.36. The summed E-state index contributed by atoms with van der Waals surface area (Å²) in [5.74, 6) is -0.945. The van der Waals surface area contributed by atoms with Crippen molar-refractivity contribution in [1.29, 1.82) is 0 Å².